The van der Waals surface area contributed by atoms with Crippen molar-refractivity contribution in [2.75, 3.05) is 24.1 Å². The van der Waals surface area contributed by atoms with Gasteiger partial charge in [-0.2, -0.15) is 0 Å². The number of hydrogen-bond acceptors (Lipinski definition) is 6. The van der Waals surface area contributed by atoms with Crippen LogP contribution in [0, 0.1) is 17.0 Å². The number of likely N-dealkylation sites (tertiary alicyclic amines) is 1. The van der Waals surface area contributed by atoms with Crippen LogP contribution in [-0.2, 0) is 10.0 Å². The summed E-state index contributed by atoms with van der Waals surface area (Å²) in [5.74, 6) is -0.171. The fraction of sp³-hybridized carbons (Fsp3) is 0.381. The summed E-state index contributed by atoms with van der Waals surface area (Å²) < 4.78 is 28.5. The molecule has 1 aliphatic heterocycles. The lowest BCUT2D eigenvalue weighted by molar-refractivity contribution is -0.385. The molecule has 0 bridgehead atoms. The van der Waals surface area contributed by atoms with Gasteiger partial charge in [0.25, 0.3) is 21.6 Å². The van der Waals surface area contributed by atoms with Crippen molar-refractivity contribution in [2.24, 2.45) is 0 Å². The number of amides is 1. The summed E-state index contributed by atoms with van der Waals surface area (Å²) in [4.78, 5) is 26.2. The number of nitrogens with one attached hydrogen (secondary N) is 1. The maximum Gasteiger partial charge on any atom is 0.274 e. The van der Waals surface area contributed by atoms with Crippen LogP contribution in [0.2, 0.25) is 0 Å². The van der Waals surface area contributed by atoms with E-state index in [4.69, 9.17) is 0 Å². The third-order valence-corrected chi connectivity index (χ3v) is 7.51. The van der Waals surface area contributed by atoms with Gasteiger partial charge in [-0.15, -0.1) is 11.8 Å². The quantitative estimate of drug-likeness (QED) is 0.385. The van der Waals surface area contributed by atoms with Crippen molar-refractivity contribution in [3.63, 3.8) is 0 Å². The van der Waals surface area contributed by atoms with Gasteiger partial charge in [0.05, 0.1) is 26.6 Å². The summed E-state index contributed by atoms with van der Waals surface area (Å²) in [6.07, 6.45) is 5.88. The Kier molecular flexibility index (Phi) is 7.22. The van der Waals surface area contributed by atoms with Crippen molar-refractivity contribution in [1.82, 2.24) is 4.90 Å². The Morgan fingerprint density at radius 2 is 1.81 bits per heavy atom. The molecule has 1 aliphatic rings. The molecule has 0 atom stereocenters. The SMILES string of the molecule is CSc1ccc(S(=O)(=O)Nc2cccc([N+](=O)[O-])c2C)cc1C(=O)N1CCCCCC1. The molecular formula is C21H25N3O5S2. The van der Waals surface area contributed by atoms with E-state index in [9.17, 15) is 23.3 Å². The van der Waals surface area contributed by atoms with Gasteiger partial charge in [-0.25, -0.2) is 8.42 Å². The molecule has 10 heteroatoms. The number of nitro benzene ring substituents is 1. The molecule has 0 aliphatic carbocycles. The molecule has 1 N–H and O–H groups in total. The molecule has 1 heterocycles. The Balaban J connectivity index is 1.95. The van der Waals surface area contributed by atoms with E-state index in [0.717, 1.165) is 25.7 Å². The van der Waals surface area contributed by atoms with Crippen LogP contribution in [0.1, 0.15) is 41.6 Å². The molecule has 0 radical (unpaired) electrons. The minimum absolute atomic E-state index is 0.0608. The smallest absolute Gasteiger partial charge is 0.274 e. The number of benzene rings is 2. The van der Waals surface area contributed by atoms with Crippen molar-refractivity contribution >= 4 is 39.1 Å². The van der Waals surface area contributed by atoms with Gasteiger partial charge in [0.15, 0.2) is 0 Å². The number of sulfonamides is 1. The number of anilines is 1. The van der Waals surface area contributed by atoms with E-state index in [1.165, 1.54) is 49.0 Å². The number of thioether (sulfide) groups is 1. The normalized spacial score (nSPS) is 14.7. The minimum Gasteiger partial charge on any atom is -0.339 e. The van der Waals surface area contributed by atoms with Gasteiger partial charge in [0.1, 0.15) is 0 Å². The van der Waals surface area contributed by atoms with E-state index in [1.807, 2.05) is 6.26 Å². The molecule has 2 aromatic rings. The second-order valence-corrected chi connectivity index (χ2v) is 9.91. The van der Waals surface area contributed by atoms with Crippen LogP contribution in [0.25, 0.3) is 0 Å². The maximum atomic E-state index is 13.2. The fourth-order valence-electron chi connectivity index (χ4n) is 3.60. The molecule has 2 aromatic carbocycles. The van der Waals surface area contributed by atoms with Crippen molar-refractivity contribution < 1.29 is 18.1 Å². The van der Waals surface area contributed by atoms with E-state index in [1.54, 1.807) is 11.0 Å². The largest absolute Gasteiger partial charge is 0.339 e. The van der Waals surface area contributed by atoms with Gasteiger partial charge in [-0.3, -0.25) is 19.6 Å². The molecule has 0 aromatic heterocycles. The van der Waals surface area contributed by atoms with Crippen molar-refractivity contribution in [1.29, 1.82) is 0 Å². The van der Waals surface area contributed by atoms with E-state index in [0.29, 0.717) is 23.5 Å². The first kappa shape index (κ1) is 23.1. The van der Waals surface area contributed by atoms with Gasteiger partial charge >= 0.3 is 0 Å². The molecule has 0 unspecified atom stereocenters. The number of nitro groups is 1. The highest BCUT2D eigenvalue weighted by Crippen LogP contribution is 2.30. The molecule has 1 fully saturated rings. The predicted molar refractivity (Wildman–Crippen MR) is 121 cm³/mol. The van der Waals surface area contributed by atoms with E-state index < -0.39 is 14.9 Å². The van der Waals surface area contributed by atoms with Gasteiger partial charge in [0.2, 0.25) is 0 Å². The Hall–Kier alpha value is -2.59. The molecule has 3 rings (SSSR count). The van der Waals surface area contributed by atoms with Crippen LogP contribution in [0.5, 0.6) is 0 Å². The van der Waals surface area contributed by atoms with Gasteiger partial charge < -0.3 is 4.90 Å². The highest BCUT2D eigenvalue weighted by molar-refractivity contribution is 7.98. The van der Waals surface area contributed by atoms with Crippen molar-refractivity contribution in [3.05, 3.63) is 57.6 Å². The molecule has 8 nitrogen and oxygen atoms in total. The van der Waals surface area contributed by atoms with Crippen LogP contribution in [0.4, 0.5) is 11.4 Å². The summed E-state index contributed by atoms with van der Waals surface area (Å²) in [5.41, 5.74) is 0.532. The van der Waals surface area contributed by atoms with Gasteiger partial charge in [-0.05, 0) is 50.3 Å². The third kappa shape index (κ3) is 5.19. The second-order valence-electron chi connectivity index (χ2n) is 7.38. The summed E-state index contributed by atoms with van der Waals surface area (Å²) in [5, 5.41) is 11.2. The topological polar surface area (TPSA) is 110 Å². The number of carbonyl (C=O) groups excluding carboxylic acids is 1. The molecular weight excluding hydrogens is 438 g/mol. The van der Waals surface area contributed by atoms with Crippen LogP contribution in [0.3, 0.4) is 0 Å². The first-order valence-corrected chi connectivity index (χ1v) is 12.7. The highest BCUT2D eigenvalue weighted by atomic mass is 32.2. The lowest BCUT2D eigenvalue weighted by Gasteiger charge is -2.22. The molecule has 1 amide bonds. The zero-order chi connectivity index (χ0) is 22.6. The first-order chi connectivity index (χ1) is 14.7. The zero-order valence-electron chi connectivity index (χ0n) is 17.5. The van der Waals surface area contributed by atoms with Crippen LogP contribution in [0.15, 0.2) is 46.2 Å². The number of rotatable bonds is 6. The summed E-state index contributed by atoms with van der Waals surface area (Å²) in [6, 6.07) is 8.69. The zero-order valence-corrected chi connectivity index (χ0v) is 19.1. The summed E-state index contributed by atoms with van der Waals surface area (Å²) in [6.45, 7) is 2.81. The molecule has 31 heavy (non-hydrogen) atoms. The van der Waals surface area contributed by atoms with E-state index >= 15 is 0 Å². The average Bonchev–Trinajstić information content (AvgIpc) is 3.03. The highest BCUT2D eigenvalue weighted by Gasteiger charge is 2.24. The molecule has 1 saturated heterocycles. The number of nitrogens with zero attached hydrogens (tertiary/aromatic N) is 2. The Bertz CT molecular complexity index is 1090. The monoisotopic (exact) mass is 463 g/mol. The van der Waals surface area contributed by atoms with E-state index in [2.05, 4.69) is 4.72 Å². The molecule has 0 spiro atoms. The van der Waals surface area contributed by atoms with Crippen LogP contribution >= 0.6 is 11.8 Å². The molecule has 0 saturated carbocycles. The predicted octanol–water partition coefficient (Wildman–Crippen LogP) is 4.44. The first-order valence-electron chi connectivity index (χ1n) is 9.98. The second kappa shape index (κ2) is 9.69. The van der Waals surface area contributed by atoms with Gasteiger partial charge in [0, 0.05) is 24.1 Å². The number of hydrogen-bond donors (Lipinski definition) is 1. The standard InChI is InChI=1S/C21H25N3O5S2/c1-15-18(8-7-9-19(15)24(26)27)22-31(28,29)16-10-11-20(30-2)17(14-16)21(25)23-12-5-3-4-6-13-23/h7-11,14,22H,3-6,12-13H2,1-2H3. The van der Waals surface area contributed by atoms with Crippen molar-refractivity contribution in [2.45, 2.75) is 42.4 Å². The molecule has 166 valence electrons. The Morgan fingerprint density at radius 3 is 2.42 bits per heavy atom. The van der Waals surface area contributed by atoms with Crippen LogP contribution in [-0.4, -0.2) is 43.5 Å². The maximum absolute atomic E-state index is 13.2. The van der Waals surface area contributed by atoms with Crippen LogP contribution < -0.4 is 4.72 Å². The average molecular weight is 464 g/mol. The summed E-state index contributed by atoms with van der Waals surface area (Å²) >= 11 is 1.39. The fourth-order valence-corrected chi connectivity index (χ4v) is 5.32. The third-order valence-electron chi connectivity index (χ3n) is 5.35. The Morgan fingerprint density at radius 1 is 1.13 bits per heavy atom. The lowest BCUT2D eigenvalue weighted by Crippen LogP contribution is -2.32. The number of carbonyl (C=O) groups is 1. The lowest BCUT2D eigenvalue weighted by atomic mass is 10.2. The summed E-state index contributed by atoms with van der Waals surface area (Å²) in [7, 11) is -4.05. The van der Waals surface area contributed by atoms with Crippen molar-refractivity contribution in [3.8, 4) is 0 Å². The van der Waals surface area contributed by atoms with Gasteiger partial charge in [-0.1, -0.05) is 18.9 Å². The van der Waals surface area contributed by atoms with E-state index in [-0.39, 0.29) is 27.7 Å². The Labute approximate surface area is 186 Å². The minimum atomic E-state index is -4.05.